The Morgan fingerprint density at radius 2 is 1.95 bits per heavy atom. The number of anilines is 1. The quantitative estimate of drug-likeness (QED) is 0.881. The van der Waals surface area contributed by atoms with Gasteiger partial charge < -0.3 is 10.0 Å². The maximum atomic E-state index is 9.79. The monoisotopic (exact) mass is 267 g/mol. The molecule has 0 radical (unpaired) electrons. The maximum Gasteiger partial charge on any atom is 0.115 e. The zero-order chi connectivity index (χ0) is 14.1. The van der Waals surface area contributed by atoms with E-state index in [1.807, 2.05) is 6.07 Å². The largest absolute Gasteiger partial charge is 0.508 e. The van der Waals surface area contributed by atoms with Crippen molar-refractivity contribution in [3.63, 3.8) is 0 Å². The molecule has 0 fully saturated rings. The van der Waals surface area contributed by atoms with Crippen molar-refractivity contribution in [3.05, 3.63) is 59.2 Å². The molecular formula is C18H21NO. The molecule has 2 aromatic rings. The normalized spacial score (nSPS) is 17.6. The summed E-state index contributed by atoms with van der Waals surface area (Å²) >= 11 is 0. The van der Waals surface area contributed by atoms with E-state index in [2.05, 4.69) is 49.2 Å². The third-order valence-electron chi connectivity index (χ3n) is 4.38. The van der Waals surface area contributed by atoms with Crippen molar-refractivity contribution in [2.75, 3.05) is 11.9 Å². The van der Waals surface area contributed by atoms with Gasteiger partial charge in [0.25, 0.3) is 0 Å². The van der Waals surface area contributed by atoms with Crippen LogP contribution in [0.4, 0.5) is 5.69 Å². The van der Waals surface area contributed by atoms with E-state index in [4.69, 9.17) is 0 Å². The summed E-state index contributed by atoms with van der Waals surface area (Å²) < 4.78 is 0. The minimum absolute atomic E-state index is 0.354. The fourth-order valence-electron chi connectivity index (χ4n) is 3.29. The Morgan fingerprint density at radius 1 is 1.15 bits per heavy atom. The summed E-state index contributed by atoms with van der Waals surface area (Å²) in [6, 6.07) is 14.7. The van der Waals surface area contributed by atoms with E-state index in [1.165, 1.54) is 28.8 Å². The summed E-state index contributed by atoms with van der Waals surface area (Å²) in [5, 5.41) is 9.79. The summed E-state index contributed by atoms with van der Waals surface area (Å²) in [4.78, 5) is 2.35. The number of para-hydroxylation sites is 1. The average Bonchev–Trinajstić information content (AvgIpc) is 2.46. The zero-order valence-corrected chi connectivity index (χ0v) is 12.1. The number of hydrogen-bond donors (Lipinski definition) is 1. The number of phenols is 1. The van der Waals surface area contributed by atoms with Gasteiger partial charge in [0.1, 0.15) is 5.75 Å². The molecule has 1 aliphatic carbocycles. The lowest BCUT2D eigenvalue weighted by molar-refractivity contribution is 0.469. The maximum absolute atomic E-state index is 9.79. The number of phenolic OH excluding ortho intramolecular Hbond substituents is 1. The highest BCUT2D eigenvalue weighted by molar-refractivity contribution is 5.55. The highest BCUT2D eigenvalue weighted by atomic mass is 16.3. The molecule has 1 unspecified atom stereocenters. The summed E-state index contributed by atoms with van der Waals surface area (Å²) in [5.41, 5.74) is 5.22. The molecule has 1 aliphatic rings. The predicted molar refractivity (Wildman–Crippen MR) is 83.4 cm³/mol. The van der Waals surface area contributed by atoms with Crippen molar-refractivity contribution in [2.45, 2.75) is 32.2 Å². The first-order valence-corrected chi connectivity index (χ1v) is 7.27. The van der Waals surface area contributed by atoms with Gasteiger partial charge in [0.2, 0.25) is 0 Å². The van der Waals surface area contributed by atoms with Crippen LogP contribution in [0.5, 0.6) is 5.75 Å². The van der Waals surface area contributed by atoms with Crippen LogP contribution in [0.3, 0.4) is 0 Å². The number of fused-ring (bicyclic) bond motifs is 1. The van der Waals surface area contributed by atoms with Crippen LogP contribution < -0.4 is 4.90 Å². The molecule has 0 heterocycles. The van der Waals surface area contributed by atoms with E-state index in [0.717, 1.165) is 12.8 Å². The number of nitrogens with zero attached hydrogens (tertiary/aromatic N) is 1. The molecule has 0 aromatic heterocycles. The Morgan fingerprint density at radius 3 is 2.75 bits per heavy atom. The molecule has 0 aliphatic heterocycles. The Kier molecular flexibility index (Phi) is 3.39. The molecule has 2 heteroatoms. The molecule has 0 bridgehead atoms. The van der Waals surface area contributed by atoms with Crippen molar-refractivity contribution in [2.24, 2.45) is 0 Å². The van der Waals surface area contributed by atoms with E-state index in [1.54, 1.807) is 6.07 Å². The van der Waals surface area contributed by atoms with E-state index in [0.29, 0.717) is 11.8 Å². The highest BCUT2D eigenvalue weighted by Crippen LogP contribution is 2.38. The Bertz CT molecular complexity index is 621. The van der Waals surface area contributed by atoms with Crippen LogP contribution in [0.15, 0.2) is 42.5 Å². The summed E-state index contributed by atoms with van der Waals surface area (Å²) in [7, 11) is 2.16. The van der Waals surface area contributed by atoms with Crippen LogP contribution in [-0.2, 0) is 6.42 Å². The molecule has 1 atom stereocenters. The van der Waals surface area contributed by atoms with E-state index in [-0.39, 0.29) is 0 Å². The van der Waals surface area contributed by atoms with Crippen LogP contribution in [0.2, 0.25) is 0 Å². The molecular weight excluding hydrogens is 246 g/mol. The van der Waals surface area contributed by atoms with Crippen molar-refractivity contribution in [1.29, 1.82) is 0 Å². The smallest absolute Gasteiger partial charge is 0.115 e. The Balaban J connectivity index is 2.00. The van der Waals surface area contributed by atoms with Gasteiger partial charge in [0.05, 0.1) is 6.04 Å². The molecule has 104 valence electrons. The summed E-state index contributed by atoms with van der Waals surface area (Å²) in [5.74, 6) is 0.369. The predicted octanol–water partition coefficient (Wildman–Crippen LogP) is 4.21. The van der Waals surface area contributed by atoms with Crippen LogP contribution in [0.1, 0.15) is 35.6 Å². The van der Waals surface area contributed by atoms with Gasteiger partial charge >= 0.3 is 0 Å². The van der Waals surface area contributed by atoms with Crippen LogP contribution in [0.25, 0.3) is 0 Å². The van der Waals surface area contributed by atoms with E-state index in [9.17, 15) is 5.11 Å². The van der Waals surface area contributed by atoms with Crippen molar-refractivity contribution in [3.8, 4) is 5.75 Å². The molecule has 0 saturated carbocycles. The lowest BCUT2D eigenvalue weighted by Gasteiger charge is -2.35. The molecule has 20 heavy (non-hydrogen) atoms. The SMILES string of the molecule is Cc1ccccc1N(C)C1CCCc2ccc(O)cc21. The van der Waals surface area contributed by atoms with Gasteiger partial charge in [-0.3, -0.25) is 0 Å². The number of benzene rings is 2. The van der Waals surface area contributed by atoms with Crippen molar-refractivity contribution in [1.82, 2.24) is 0 Å². The minimum atomic E-state index is 0.354. The number of hydrogen-bond acceptors (Lipinski definition) is 2. The van der Waals surface area contributed by atoms with Crippen LogP contribution in [0, 0.1) is 6.92 Å². The van der Waals surface area contributed by atoms with Gasteiger partial charge in [-0.1, -0.05) is 24.3 Å². The fourth-order valence-corrected chi connectivity index (χ4v) is 3.29. The van der Waals surface area contributed by atoms with Gasteiger partial charge in [0, 0.05) is 12.7 Å². The fraction of sp³-hybridized carbons (Fsp3) is 0.333. The first-order chi connectivity index (χ1) is 9.66. The molecule has 0 saturated heterocycles. The van der Waals surface area contributed by atoms with Gasteiger partial charge in [-0.15, -0.1) is 0 Å². The first-order valence-electron chi connectivity index (χ1n) is 7.27. The number of rotatable bonds is 2. The van der Waals surface area contributed by atoms with E-state index >= 15 is 0 Å². The highest BCUT2D eigenvalue weighted by Gasteiger charge is 2.24. The molecule has 1 N–H and O–H groups in total. The van der Waals surface area contributed by atoms with Crippen LogP contribution >= 0.6 is 0 Å². The topological polar surface area (TPSA) is 23.5 Å². The molecule has 0 amide bonds. The molecule has 0 spiro atoms. The zero-order valence-electron chi connectivity index (χ0n) is 12.1. The molecule has 3 rings (SSSR count). The Hall–Kier alpha value is -1.96. The van der Waals surface area contributed by atoms with Gasteiger partial charge in [-0.2, -0.15) is 0 Å². The van der Waals surface area contributed by atoms with Crippen molar-refractivity contribution >= 4 is 5.69 Å². The van der Waals surface area contributed by atoms with Gasteiger partial charge in [-0.25, -0.2) is 0 Å². The Labute approximate surface area is 120 Å². The standard InChI is InChI=1S/C18H21NO/c1-13-6-3-4-8-17(13)19(2)18-9-5-7-14-10-11-15(20)12-16(14)18/h3-4,6,8,10-12,18,20H,5,7,9H2,1-2H3. The molecule has 2 aromatic carbocycles. The van der Waals surface area contributed by atoms with Crippen LogP contribution in [-0.4, -0.2) is 12.2 Å². The summed E-state index contributed by atoms with van der Waals surface area (Å²) in [6.07, 6.45) is 3.47. The molecule has 2 nitrogen and oxygen atoms in total. The lowest BCUT2D eigenvalue weighted by atomic mass is 9.86. The second-order valence-electron chi connectivity index (χ2n) is 5.69. The lowest BCUT2D eigenvalue weighted by Crippen LogP contribution is -2.28. The average molecular weight is 267 g/mol. The summed E-state index contributed by atoms with van der Waals surface area (Å²) in [6.45, 7) is 2.15. The first kappa shape index (κ1) is 13.0. The minimum Gasteiger partial charge on any atom is -0.508 e. The number of aryl methyl sites for hydroxylation is 2. The van der Waals surface area contributed by atoms with Gasteiger partial charge in [-0.05, 0) is 61.1 Å². The number of aromatic hydroxyl groups is 1. The third kappa shape index (κ3) is 2.26. The second-order valence-corrected chi connectivity index (χ2v) is 5.69. The van der Waals surface area contributed by atoms with Gasteiger partial charge in [0.15, 0.2) is 0 Å². The third-order valence-corrected chi connectivity index (χ3v) is 4.38. The van der Waals surface area contributed by atoms with E-state index < -0.39 is 0 Å². The van der Waals surface area contributed by atoms with Crippen molar-refractivity contribution < 1.29 is 5.11 Å². The second kappa shape index (κ2) is 5.20.